The van der Waals surface area contributed by atoms with Crippen LogP contribution < -0.4 is 10.1 Å². The van der Waals surface area contributed by atoms with E-state index in [9.17, 15) is 9.59 Å². The molecule has 0 radical (unpaired) electrons. The molecule has 18 heavy (non-hydrogen) atoms. The van der Waals surface area contributed by atoms with Gasteiger partial charge < -0.3 is 14.8 Å². The summed E-state index contributed by atoms with van der Waals surface area (Å²) in [4.78, 5) is 23.7. The molecular formula is C12H12ClNO4. The van der Waals surface area contributed by atoms with Crippen LogP contribution in [0, 0.1) is 0 Å². The van der Waals surface area contributed by atoms with Crippen LogP contribution in [0.3, 0.4) is 0 Å². The number of halogens is 1. The smallest absolute Gasteiger partial charge is 0.360 e. The van der Waals surface area contributed by atoms with Gasteiger partial charge in [0.15, 0.2) is 0 Å². The Hall–Kier alpha value is -1.75. The van der Waals surface area contributed by atoms with Crippen LogP contribution in [0.15, 0.2) is 18.2 Å². The van der Waals surface area contributed by atoms with Gasteiger partial charge in [0.1, 0.15) is 5.75 Å². The number of hydrogen-bond acceptors (Lipinski definition) is 4. The fourth-order valence-corrected chi connectivity index (χ4v) is 1.76. The van der Waals surface area contributed by atoms with Crippen molar-refractivity contribution in [3.8, 4) is 5.75 Å². The van der Waals surface area contributed by atoms with E-state index in [4.69, 9.17) is 21.1 Å². The molecule has 0 fully saturated rings. The van der Waals surface area contributed by atoms with E-state index >= 15 is 0 Å². The summed E-state index contributed by atoms with van der Waals surface area (Å²) in [6.45, 7) is 3.20. The number of hydrogen-bond donors (Lipinski definition) is 1. The lowest BCUT2D eigenvalue weighted by Crippen LogP contribution is -2.55. The molecule has 1 unspecified atom stereocenters. The van der Waals surface area contributed by atoms with Gasteiger partial charge in [0.25, 0.3) is 11.5 Å². The minimum atomic E-state index is -1.69. The molecule has 2 rings (SSSR count). The molecule has 6 heteroatoms. The van der Waals surface area contributed by atoms with Crippen LogP contribution in [-0.2, 0) is 14.3 Å². The third kappa shape index (κ3) is 2.01. The highest BCUT2D eigenvalue weighted by molar-refractivity contribution is 6.31. The van der Waals surface area contributed by atoms with Gasteiger partial charge >= 0.3 is 5.97 Å². The van der Waals surface area contributed by atoms with Crippen molar-refractivity contribution in [3.05, 3.63) is 23.2 Å². The standard InChI is InChI=1S/C12H12ClNO4/c1-3-17-11(16)12(2)10(15)14-8-5-4-7(13)6-9(8)18-12/h4-6H,3H2,1-2H3,(H,14,15). The second-order valence-corrected chi connectivity index (χ2v) is 4.39. The fraction of sp³-hybridized carbons (Fsp3) is 0.333. The number of carbonyl (C=O) groups excluding carboxylic acids is 2. The first-order valence-corrected chi connectivity index (χ1v) is 5.82. The molecule has 1 heterocycles. The number of anilines is 1. The number of carbonyl (C=O) groups is 2. The Morgan fingerprint density at radius 3 is 2.94 bits per heavy atom. The molecule has 0 aromatic heterocycles. The lowest BCUT2D eigenvalue weighted by atomic mass is 10.0. The van der Waals surface area contributed by atoms with Crippen molar-refractivity contribution in [1.82, 2.24) is 0 Å². The fourth-order valence-electron chi connectivity index (χ4n) is 1.59. The minimum Gasteiger partial charge on any atom is -0.464 e. The summed E-state index contributed by atoms with van der Waals surface area (Å²) in [5.41, 5.74) is -1.21. The molecule has 0 bridgehead atoms. The largest absolute Gasteiger partial charge is 0.464 e. The highest BCUT2D eigenvalue weighted by Crippen LogP contribution is 2.36. The molecule has 0 spiro atoms. The summed E-state index contributed by atoms with van der Waals surface area (Å²) < 4.78 is 10.3. The lowest BCUT2D eigenvalue weighted by Gasteiger charge is -2.32. The zero-order valence-electron chi connectivity index (χ0n) is 9.95. The van der Waals surface area contributed by atoms with Crippen LogP contribution in [0.2, 0.25) is 5.02 Å². The number of esters is 1. The highest BCUT2D eigenvalue weighted by Gasteiger charge is 2.48. The SMILES string of the molecule is CCOC(=O)C1(C)Oc2cc(Cl)ccc2NC1=O. The molecule has 1 aromatic rings. The molecule has 1 aromatic carbocycles. The maximum absolute atomic E-state index is 11.9. The predicted octanol–water partition coefficient (Wildman–Crippen LogP) is 1.99. The highest BCUT2D eigenvalue weighted by atomic mass is 35.5. The van der Waals surface area contributed by atoms with Gasteiger partial charge in [-0.15, -0.1) is 0 Å². The molecule has 1 N–H and O–H groups in total. The van der Waals surface area contributed by atoms with Crippen molar-refractivity contribution >= 4 is 29.2 Å². The average molecular weight is 270 g/mol. The van der Waals surface area contributed by atoms with Crippen molar-refractivity contribution in [3.63, 3.8) is 0 Å². The Morgan fingerprint density at radius 2 is 2.28 bits per heavy atom. The van der Waals surface area contributed by atoms with Gasteiger partial charge in [-0.1, -0.05) is 11.6 Å². The van der Waals surface area contributed by atoms with Crippen molar-refractivity contribution in [2.75, 3.05) is 11.9 Å². The van der Waals surface area contributed by atoms with Crippen molar-refractivity contribution in [2.24, 2.45) is 0 Å². The van der Waals surface area contributed by atoms with Crippen LogP contribution in [-0.4, -0.2) is 24.1 Å². The number of amides is 1. The monoisotopic (exact) mass is 269 g/mol. The molecule has 0 aliphatic carbocycles. The Labute approximate surface area is 109 Å². The molecule has 5 nitrogen and oxygen atoms in total. The Balaban J connectivity index is 2.37. The summed E-state index contributed by atoms with van der Waals surface area (Å²) in [6.07, 6.45) is 0. The summed E-state index contributed by atoms with van der Waals surface area (Å²) in [7, 11) is 0. The van der Waals surface area contributed by atoms with Gasteiger partial charge in [-0.2, -0.15) is 0 Å². The summed E-state index contributed by atoms with van der Waals surface area (Å²) in [5, 5.41) is 3.05. The second kappa shape index (κ2) is 4.49. The predicted molar refractivity (Wildman–Crippen MR) is 65.7 cm³/mol. The Bertz CT molecular complexity index is 517. The van der Waals surface area contributed by atoms with Crippen LogP contribution in [0.1, 0.15) is 13.8 Å². The van der Waals surface area contributed by atoms with E-state index in [-0.39, 0.29) is 6.61 Å². The van der Waals surface area contributed by atoms with Gasteiger partial charge in [-0.05, 0) is 26.0 Å². The third-order valence-electron chi connectivity index (χ3n) is 2.60. The number of ether oxygens (including phenoxy) is 2. The molecule has 0 saturated carbocycles. The summed E-state index contributed by atoms with van der Waals surface area (Å²) in [6, 6.07) is 4.77. The van der Waals surface area contributed by atoms with E-state index in [2.05, 4.69) is 5.32 Å². The molecular weight excluding hydrogens is 258 g/mol. The number of benzene rings is 1. The zero-order chi connectivity index (χ0) is 13.3. The normalized spacial score (nSPS) is 21.6. The van der Waals surface area contributed by atoms with Crippen LogP contribution in [0.4, 0.5) is 5.69 Å². The van der Waals surface area contributed by atoms with Crippen LogP contribution in [0.5, 0.6) is 5.75 Å². The number of rotatable bonds is 2. The van der Waals surface area contributed by atoms with E-state index < -0.39 is 17.5 Å². The average Bonchev–Trinajstić information content (AvgIpc) is 2.31. The number of fused-ring (bicyclic) bond motifs is 1. The quantitative estimate of drug-likeness (QED) is 0.659. The summed E-state index contributed by atoms with van der Waals surface area (Å²) in [5.74, 6) is -0.943. The van der Waals surface area contributed by atoms with E-state index in [0.717, 1.165) is 0 Å². The lowest BCUT2D eigenvalue weighted by molar-refractivity contribution is -0.165. The van der Waals surface area contributed by atoms with E-state index in [0.29, 0.717) is 16.5 Å². The van der Waals surface area contributed by atoms with Crippen molar-refractivity contribution in [2.45, 2.75) is 19.4 Å². The molecule has 0 saturated heterocycles. The van der Waals surface area contributed by atoms with Crippen molar-refractivity contribution in [1.29, 1.82) is 0 Å². The van der Waals surface area contributed by atoms with E-state index in [1.807, 2.05) is 0 Å². The van der Waals surface area contributed by atoms with Crippen LogP contribution in [0.25, 0.3) is 0 Å². The topological polar surface area (TPSA) is 64.6 Å². The van der Waals surface area contributed by atoms with Gasteiger partial charge in [0.2, 0.25) is 0 Å². The van der Waals surface area contributed by atoms with E-state index in [1.165, 1.54) is 13.0 Å². The van der Waals surface area contributed by atoms with Gasteiger partial charge in [-0.3, -0.25) is 4.79 Å². The molecule has 1 amide bonds. The van der Waals surface area contributed by atoms with Gasteiger partial charge in [0, 0.05) is 11.1 Å². The molecule has 1 atom stereocenters. The van der Waals surface area contributed by atoms with Gasteiger partial charge in [0.05, 0.1) is 12.3 Å². The third-order valence-corrected chi connectivity index (χ3v) is 2.84. The summed E-state index contributed by atoms with van der Waals surface area (Å²) >= 11 is 5.84. The maximum atomic E-state index is 11.9. The zero-order valence-corrected chi connectivity index (χ0v) is 10.7. The first-order chi connectivity index (χ1) is 8.47. The first-order valence-electron chi connectivity index (χ1n) is 5.44. The second-order valence-electron chi connectivity index (χ2n) is 3.95. The molecule has 96 valence electrons. The minimum absolute atomic E-state index is 0.174. The Kier molecular flexibility index (Phi) is 3.17. The molecule has 1 aliphatic heterocycles. The van der Waals surface area contributed by atoms with E-state index in [1.54, 1.807) is 19.1 Å². The number of nitrogens with one attached hydrogen (secondary N) is 1. The first kappa shape index (κ1) is 12.7. The molecule has 1 aliphatic rings. The maximum Gasteiger partial charge on any atom is 0.360 e. The Morgan fingerprint density at radius 1 is 1.56 bits per heavy atom. The van der Waals surface area contributed by atoms with Crippen LogP contribution >= 0.6 is 11.6 Å². The van der Waals surface area contributed by atoms with Gasteiger partial charge in [-0.25, -0.2) is 4.79 Å². The van der Waals surface area contributed by atoms with Crippen molar-refractivity contribution < 1.29 is 19.1 Å².